The third-order valence-corrected chi connectivity index (χ3v) is 2.61. The van der Waals surface area contributed by atoms with Crippen LogP contribution in [0.25, 0.3) is 11.1 Å². The molecule has 2 aromatic rings. The third-order valence-electron chi connectivity index (χ3n) is 2.61. The molecule has 0 aliphatic carbocycles. The first-order chi connectivity index (χ1) is 8.69. The van der Waals surface area contributed by atoms with Gasteiger partial charge in [0.25, 0.3) is 0 Å². The number of fused-ring (bicyclic) bond motifs is 1. The molecule has 0 atom stereocenters. The Morgan fingerprint density at radius 1 is 1.44 bits per heavy atom. The normalized spacial score (nSPS) is 10.8. The van der Waals surface area contributed by atoms with Gasteiger partial charge in [-0.1, -0.05) is 0 Å². The van der Waals surface area contributed by atoms with Gasteiger partial charge in [-0.05, 0) is 38.2 Å². The number of hydrogen-bond acceptors (Lipinski definition) is 4. The summed E-state index contributed by atoms with van der Waals surface area (Å²) in [5, 5.41) is 5.87. The molecule has 0 saturated carbocycles. The zero-order valence-corrected chi connectivity index (χ0v) is 10.6. The Balaban J connectivity index is 2.00. The minimum absolute atomic E-state index is 0.0183. The summed E-state index contributed by atoms with van der Waals surface area (Å²) in [6.45, 7) is 2.64. The van der Waals surface area contributed by atoms with Crippen molar-refractivity contribution in [3.8, 4) is 0 Å². The highest BCUT2D eigenvalue weighted by molar-refractivity contribution is 5.92. The number of amides is 1. The van der Waals surface area contributed by atoms with Crippen molar-refractivity contribution < 1.29 is 9.21 Å². The van der Waals surface area contributed by atoms with Gasteiger partial charge in [0.15, 0.2) is 11.5 Å². The van der Waals surface area contributed by atoms with Crippen LogP contribution in [-0.4, -0.2) is 24.5 Å². The van der Waals surface area contributed by atoms with Crippen LogP contribution in [0.15, 0.2) is 22.6 Å². The molecule has 0 saturated heterocycles. The molecule has 0 bridgehead atoms. The van der Waals surface area contributed by atoms with E-state index in [1.807, 2.05) is 25.2 Å². The maximum absolute atomic E-state index is 11.6. The molecule has 1 heterocycles. The van der Waals surface area contributed by atoms with E-state index in [9.17, 15) is 4.79 Å². The molecule has 1 aromatic heterocycles. The molecule has 5 nitrogen and oxygen atoms in total. The Labute approximate surface area is 106 Å². The van der Waals surface area contributed by atoms with Crippen LogP contribution in [0, 0.1) is 6.92 Å². The van der Waals surface area contributed by atoms with Crippen molar-refractivity contribution >= 4 is 22.7 Å². The molecule has 1 amide bonds. The predicted molar refractivity (Wildman–Crippen MR) is 70.5 cm³/mol. The van der Waals surface area contributed by atoms with Crippen LogP contribution in [-0.2, 0) is 4.79 Å². The molecule has 0 aliphatic heterocycles. The topological polar surface area (TPSA) is 67.2 Å². The number of rotatable bonds is 5. The van der Waals surface area contributed by atoms with Crippen molar-refractivity contribution in [1.29, 1.82) is 0 Å². The number of aryl methyl sites for hydroxylation is 1. The van der Waals surface area contributed by atoms with E-state index in [-0.39, 0.29) is 5.91 Å². The number of oxazole rings is 1. The second kappa shape index (κ2) is 5.64. The van der Waals surface area contributed by atoms with E-state index in [4.69, 9.17) is 4.42 Å². The van der Waals surface area contributed by atoms with Crippen molar-refractivity contribution in [1.82, 2.24) is 10.3 Å². The highest BCUT2D eigenvalue weighted by atomic mass is 16.3. The van der Waals surface area contributed by atoms with E-state index in [0.29, 0.717) is 12.3 Å². The van der Waals surface area contributed by atoms with E-state index in [2.05, 4.69) is 15.6 Å². The average Bonchev–Trinajstić information content (AvgIpc) is 2.69. The number of anilines is 1. The van der Waals surface area contributed by atoms with Gasteiger partial charge in [-0.3, -0.25) is 4.79 Å². The first-order valence-corrected chi connectivity index (χ1v) is 6.00. The molecule has 18 heavy (non-hydrogen) atoms. The second-order valence-electron chi connectivity index (χ2n) is 4.17. The fraction of sp³-hybridized carbons (Fsp3) is 0.385. The molecule has 5 heteroatoms. The quantitative estimate of drug-likeness (QED) is 0.794. The first kappa shape index (κ1) is 12.6. The van der Waals surface area contributed by atoms with Gasteiger partial charge in [0, 0.05) is 19.0 Å². The van der Waals surface area contributed by atoms with Gasteiger partial charge >= 0.3 is 0 Å². The van der Waals surface area contributed by atoms with Crippen LogP contribution < -0.4 is 10.6 Å². The van der Waals surface area contributed by atoms with Gasteiger partial charge in [-0.15, -0.1) is 0 Å². The molecule has 2 rings (SSSR count). The minimum atomic E-state index is 0.0183. The van der Waals surface area contributed by atoms with Gasteiger partial charge < -0.3 is 15.1 Å². The van der Waals surface area contributed by atoms with Crippen LogP contribution in [0.2, 0.25) is 0 Å². The maximum atomic E-state index is 11.6. The van der Waals surface area contributed by atoms with Crippen molar-refractivity contribution in [3.05, 3.63) is 24.1 Å². The van der Waals surface area contributed by atoms with Crippen molar-refractivity contribution in [2.75, 3.05) is 18.9 Å². The molecular formula is C13H17N3O2. The Kier molecular flexibility index (Phi) is 3.94. The third kappa shape index (κ3) is 3.07. The van der Waals surface area contributed by atoms with Gasteiger partial charge in [0.2, 0.25) is 5.91 Å². The van der Waals surface area contributed by atoms with Gasteiger partial charge in [0.05, 0.1) is 0 Å². The van der Waals surface area contributed by atoms with Crippen LogP contribution in [0.1, 0.15) is 18.7 Å². The number of carbonyl (C=O) groups is 1. The fourth-order valence-electron chi connectivity index (χ4n) is 1.77. The van der Waals surface area contributed by atoms with Crippen LogP contribution >= 0.6 is 0 Å². The summed E-state index contributed by atoms with van der Waals surface area (Å²) in [5.74, 6) is 0.646. The standard InChI is InChI=1S/C13H17N3O2/c1-9-15-11-8-10(5-6-12(11)18-9)16-13(17)4-3-7-14-2/h5-6,8,14H,3-4,7H2,1-2H3,(H,16,17). The number of nitrogens with one attached hydrogen (secondary N) is 2. The van der Waals surface area contributed by atoms with E-state index >= 15 is 0 Å². The van der Waals surface area contributed by atoms with Gasteiger partial charge in [-0.2, -0.15) is 0 Å². The highest BCUT2D eigenvalue weighted by Gasteiger charge is 2.05. The monoisotopic (exact) mass is 247 g/mol. The lowest BCUT2D eigenvalue weighted by Gasteiger charge is -2.04. The number of carbonyl (C=O) groups excluding carboxylic acids is 1. The van der Waals surface area contributed by atoms with Crippen LogP contribution in [0.4, 0.5) is 5.69 Å². The maximum Gasteiger partial charge on any atom is 0.224 e. The SMILES string of the molecule is CNCCCC(=O)Nc1ccc2oc(C)nc2c1. The lowest BCUT2D eigenvalue weighted by atomic mass is 10.2. The van der Waals surface area contributed by atoms with Gasteiger partial charge in [0.1, 0.15) is 5.52 Å². The van der Waals surface area contributed by atoms with Crippen LogP contribution in [0.5, 0.6) is 0 Å². The largest absolute Gasteiger partial charge is 0.441 e. The van der Waals surface area contributed by atoms with Crippen molar-refractivity contribution in [2.45, 2.75) is 19.8 Å². The average molecular weight is 247 g/mol. The molecular weight excluding hydrogens is 230 g/mol. The minimum Gasteiger partial charge on any atom is -0.441 e. The Bertz CT molecular complexity index is 548. The molecule has 96 valence electrons. The molecule has 0 aliphatic rings. The van der Waals surface area contributed by atoms with E-state index in [0.717, 1.165) is 29.8 Å². The molecule has 0 radical (unpaired) electrons. The number of aromatic nitrogens is 1. The Morgan fingerprint density at radius 2 is 2.28 bits per heavy atom. The van der Waals surface area contributed by atoms with E-state index in [1.54, 1.807) is 6.92 Å². The predicted octanol–water partition coefficient (Wildman–Crippen LogP) is 2.07. The number of hydrogen-bond donors (Lipinski definition) is 2. The highest BCUT2D eigenvalue weighted by Crippen LogP contribution is 2.19. The lowest BCUT2D eigenvalue weighted by molar-refractivity contribution is -0.116. The van der Waals surface area contributed by atoms with Crippen LogP contribution in [0.3, 0.4) is 0 Å². The Hall–Kier alpha value is -1.88. The summed E-state index contributed by atoms with van der Waals surface area (Å²) in [7, 11) is 1.87. The number of nitrogens with zero attached hydrogens (tertiary/aromatic N) is 1. The summed E-state index contributed by atoms with van der Waals surface area (Å²) in [6, 6.07) is 5.46. The molecule has 0 spiro atoms. The number of benzene rings is 1. The summed E-state index contributed by atoms with van der Waals surface area (Å²) < 4.78 is 5.38. The fourth-order valence-corrected chi connectivity index (χ4v) is 1.77. The van der Waals surface area contributed by atoms with Crippen molar-refractivity contribution in [2.24, 2.45) is 0 Å². The molecule has 1 aromatic carbocycles. The van der Waals surface area contributed by atoms with Gasteiger partial charge in [-0.25, -0.2) is 4.98 Å². The first-order valence-electron chi connectivity index (χ1n) is 6.00. The summed E-state index contributed by atoms with van der Waals surface area (Å²) in [5.41, 5.74) is 2.26. The molecule has 2 N–H and O–H groups in total. The zero-order valence-electron chi connectivity index (χ0n) is 10.6. The second-order valence-corrected chi connectivity index (χ2v) is 4.17. The van der Waals surface area contributed by atoms with Crippen molar-refractivity contribution in [3.63, 3.8) is 0 Å². The van der Waals surface area contributed by atoms with E-state index < -0.39 is 0 Å². The summed E-state index contributed by atoms with van der Waals surface area (Å²) in [6.07, 6.45) is 1.34. The van der Waals surface area contributed by atoms with E-state index in [1.165, 1.54) is 0 Å². The molecule has 0 unspecified atom stereocenters. The summed E-state index contributed by atoms with van der Waals surface area (Å²) >= 11 is 0. The molecule has 0 fully saturated rings. The zero-order chi connectivity index (χ0) is 13.0. The Morgan fingerprint density at radius 3 is 3.06 bits per heavy atom. The lowest BCUT2D eigenvalue weighted by Crippen LogP contribution is -2.15. The summed E-state index contributed by atoms with van der Waals surface area (Å²) in [4.78, 5) is 15.9. The smallest absolute Gasteiger partial charge is 0.224 e.